The summed E-state index contributed by atoms with van der Waals surface area (Å²) in [5, 5.41) is 19.6. The van der Waals surface area contributed by atoms with E-state index in [1.165, 1.54) is 6.07 Å². The number of benzene rings is 1. The van der Waals surface area contributed by atoms with Crippen LogP contribution in [0.2, 0.25) is 0 Å². The van der Waals surface area contributed by atoms with E-state index in [0.717, 1.165) is 41.8 Å². The Balaban J connectivity index is 2.11. The Labute approximate surface area is 127 Å². The number of hydrogen-bond acceptors (Lipinski definition) is 5. The number of hydrogen-bond donors (Lipinski definition) is 1. The second kappa shape index (κ2) is 5.33. The third-order valence-corrected chi connectivity index (χ3v) is 4.13. The molecule has 0 aliphatic heterocycles. The fraction of sp³-hybridized carbons (Fsp3) is 0.286. The zero-order valence-corrected chi connectivity index (χ0v) is 12.4. The maximum absolute atomic E-state index is 10.9. The Morgan fingerprint density at radius 3 is 2.71 bits per heavy atom. The lowest BCUT2D eigenvalue weighted by Crippen LogP contribution is -1.98. The molecule has 2 aromatic rings. The number of allylic oxidation sites excluding steroid dienone is 2. The zero-order chi connectivity index (χ0) is 15.0. The summed E-state index contributed by atoms with van der Waals surface area (Å²) in [4.78, 5) is 10.6. The molecule has 1 aromatic carbocycles. The first-order chi connectivity index (χ1) is 10.1. The molecule has 1 heterocycles. The highest BCUT2D eigenvalue weighted by molar-refractivity contribution is 7.80. The van der Waals surface area contributed by atoms with Crippen LogP contribution in [0.4, 0.5) is 5.69 Å². The van der Waals surface area contributed by atoms with Gasteiger partial charge in [0.05, 0.1) is 4.92 Å². The Morgan fingerprint density at radius 2 is 2.05 bits per heavy atom. The number of aromatic nitrogens is 3. The van der Waals surface area contributed by atoms with E-state index >= 15 is 0 Å². The monoisotopic (exact) mass is 302 g/mol. The normalized spacial score (nSPS) is 14.8. The number of nitrogens with zero attached hydrogens (tertiary/aromatic N) is 4. The van der Waals surface area contributed by atoms with Crippen molar-refractivity contribution in [1.82, 2.24) is 14.8 Å². The molecule has 0 spiro atoms. The van der Waals surface area contributed by atoms with Gasteiger partial charge in [0.25, 0.3) is 5.69 Å². The number of nitro groups is 1. The molecule has 0 atom stereocenters. The van der Waals surface area contributed by atoms with E-state index in [2.05, 4.69) is 22.8 Å². The summed E-state index contributed by atoms with van der Waals surface area (Å²) in [6, 6.07) is 6.76. The van der Waals surface area contributed by atoms with Crippen LogP contribution in [0, 0.1) is 10.1 Å². The first-order valence-electron chi connectivity index (χ1n) is 6.63. The molecule has 1 aromatic heterocycles. The minimum atomic E-state index is -0.368. The minimum absolute atomic E-state index is 0.110. The van der Waals surface area contributed by atoms with E-state index in [4.69, 9.17) is 0 Å². The van der Waals surface area contributed by atoms with Crippen molar-refractivity contribution in [2.75, 3.05) is 0 Å². The molecule has 1 aliphatic rings. The quantitative estimate of drug-likeness (QED) is 0.537. The molecular formula is C14H14N4O2S. The highest BCUT2D eigenvalue weighted by Crippen LogP contribution is 2.39. The number of non-ortho nitro benzene ring substituents is 1. The van der Waals surface area contributed by atoms with Crippen molar-refractivity contribution in [2.45, 2.75) is 24.4 Å². The predicted molar refractivity (Wildman–Crippen MR) is 82.0 cm³/mol. The van der Waals surface area contributed by atoms with E-state index in [1.54, 1.807) is 12.1 Å². The molecule has 108 valence electrons. The number of nitro benzene ring substituents is 1. The Bertz CT molecular complexity index is 751. The van der Waals surface area contributed by atoms with Gasteiger partial charge in [0.15, 0.2) is 11.0 Å². The second-order valence-electron chi connectivity index (χ2n) is 5.00. The van der Waals surface area contributed by atoms with Gasteiger partial charge in [-0.3, -0.25) is 10.1 Å². The molecule has 0 N–H and O–H groups in total. The smallest absolute Gasteiger partial charge is 0.270 e. The predicted octanol–water partition coefficient (Wildman–Crippen LogP) is 3.11. The molecule has 0 unspecified atom stereocenters. The third-order valence-electron chi connectivity index (χ3n) is 3.75. The average Bonchev–Trinajstić information content (AvgIpc) is 3.07. The number of rotatable bonds is 3. The van der Waals surface area contributed by atoms with Gasteiger partial charge in [-0.1, -0.05) is 12.1 Å². The van der Waals surface area contributed by atoms with Crippen LogP contribution in [0.3, 0.4) is 0 Å². The molecule has 0 fully saturated rings. The third kappa shape index (κ3) is 2.44. The number of thiol groups is 1. The van der Waals surface area contributed by atoms with Crippen LogP contribution in [-0.4, -0.2) is 19.7 Å². The van der Waals surface area contributed by atoms with Crippen molar-refractivity contribution in [3.8, 4) is 0 Å². The second-order valence-corrected chi connectivity index (χ2v) is 5.40. The van der Waals surface area contributed by atoms with Crippen LogP contribution in [0.15, 0.2) is 29.4 Å². The van der Waals surface area contributed by atoms with Crippen molar-refractivity contribution in [3.63, 3.8) is 0 Å². The Hall–Kier alpha value is -2.15. The van der Waals surface area contributed by atoms with Crippen LogP contribution in [0.25, 0.3) is 11.1 Å². The van der Waals surface area contributed by atoms with Gasteiger partial charge in [0.1, 0.15) is 0 Å². The molecule has 21 heavy (non-hydrogen) atoms. The molecule has 3 rings (SSSR count). The Morgan fingerprint density at radius 1 is 1.29 bits per heavy atom. The summed E-state index contributed by atoms with van der Waals surface area (Å²) in [5.74, 6) is 0.791. The average molecular weight is 302 g/mol. The first-order valence-corrected chi connectivity index (χ1v) is 7.08. The van der Waals surface area contributed by atoms with Gasteiger partial charge < -0.3 is 4.57 Å². The van der Waals surface area contributed by atoms with E-state index in [-0.39, 0.29) is 10.6 Å². The summed E-state index contributed by atoms with van der Waals surface area (Å²) in [7, 11) is 1.87. The van der Waals surface area contributed by atoms with Gasteiger partial charge in [0, 0.05) is 24.8 Å². The van der Waals surface area contributed by atoms with Crippen molar-refractivity contribution in [3.05, 3.63) is 45.8 Å². The SMILES string of the molecule is Cn1c(S)nnc1C1=C(c2cccc([N+](=O)[O-])c2)CCC1. The summed E-state index contributed by atoms with van der Waals surface area (Å²) in [6.45, 7) is 0. The zero-order valence-electron chi connectivity index (χ0n) is 11.5. The van der Waals surface area contributed by atoms with Crippen molar-refractivity contribution < 1.29 is 4.92 Å². The van der Waals surface area contributed by atoms with Crippen molar-refractivity contribution >= 4 is 29.5 Å². The summed E-state index contributed by atoms with van der Waals surface area (Å²) in [6.07, 6.45) is 2.81. The lowest BCUT2D eigenvalue weighted by atomic mass is 10.0. The van der Waals surface area contributed by atoms with Crippen LogP contribution in [-0.2, 0) is 7.05 Å². The van der Waals surface area contributed by atoms with Crippen LogP contribution in [0.5, 0.6) is 0 Å². The highest BCUT2D eigenvalue weighted by Gasteiger charge is 2.22. The fourth-order valence-electron chi connectivity index (χ4n) is 2.70. The topological polar surface area (TPSA) is 73.8 Å². The standard InChI is InChI=1S/C14H14N4O2S/c1-17-13(15-16-14(17)21)12-7-3-6-11(12)9-4-2-5-10(8-9)18(19)20/h2,4-5,8H,3,6-7H2,1H3,(H,16,21). The molecular weight excluding hydrogens is 288 g/mol. The molecule has 0 saturated carbocycles. The van der Waals surface area contributed by atoms with E-state index in [0.29, 0.717) is 5.16 Å². The summed E-state index contributed by atoms with van der Waals surface area (Å²) in [5.41, 5.74) is 3.22. The summed E-state index contributed by atoms with van der Waals surface area (Å²) < 4.78 is 1.83. The van der Waals surface area contributed by atoms with E-state index in [9.17, 15) is 10.1 Å². The van der Waals surface area contributed by atoms with Crippen LogP contribution in [0.1, 0.15) is 30.7 Å². The van der Waals surface area contributed by atoms with Gasteiger partial charge in [-0.25, -0.2) is 0 Å². The molecule has 0 bridgehead atoms. The maximum Gasteiger partial charge on any atom is 0.270 e. The molecule has 0 saturated heterocycles. The molecule has 0 amide bonds. The van der Waals surface area contributed by atoms with Crippen molar-refractivity contribution in [2.24, 2.45) is 7.05 Å². The van der Waals surface area contributed by atoms with Gasteiger partial charge in [0.2, 0.25) is 0 Å². The van der Waals surface area contributed by atoms with Crippen LogP contribution >= 0.6 is 12.6 Å². The van der Waals surface area contributed by atoms with Crippen molar-refractivity contribution in [1.29, 1.82) is 0 Å². The summed E-state index contributed by atoms with van der Waals surface area (Å²) >= 11 is 4.25. The van der Waals surface area contributed by atoms with Gasteiger partial charge >= 0.3 is 0 Å². The Kier molecular flexibility index (Phi) is 3.50. The first kappa shape index (κ1) is 13.8. The highest BCUT2D eigenvalue weighted by atomic mass is 32.1. The molecule has 0 radical (unpaired) electrons. The van der Waals surface area contributed by atoms with Gasteiger partial charge in [-0.2, -0.15) is 0 Å². The van der Waals surface area contributed by atoms with Gasteiger partial charge in [-0.15, -0.1) is 22.8 Å². The fourth-order valence-corrected chi connectivity index (χ4v) is 2.84. The van der Waals surface area contributed by atoms with Gasteiger partial charge in [-0.05, 0) is 30.4 Å². The molecule has 1 aliphatic carbocycles. The molecule has 7 heteroatoms. The minimum Gasteiger partial charge on any atom is -0.306 e. The maximum atomic E-state index is 10.9. The lowest BCUT2D eigenvalue weighted by molar-refractivity contribution is -0.384. The largest absolute Gasteiger partial charge is 0.306 e. The van der Waals surface area contributed by atoms with E-state index in [1.807, 2.05) is 17.7 Å². The molecule has 6 nitrogen and oxygen atoms in total. The van der Waals surface area contributed by atoms with E-state index < -0.39 is 0 Å². The lowest BCUT2D eigenvalue weighted by Gasteiger charge is -2.07. The van der Waals surface area contributed by atoms with Crippen LogP contribution < -0.4 is 0 Å².